The molecule has 1 aromatic heterocycles. The molecule has 25 heavy (non-hydrogen) atoms. The zero-order valence-corrected chi connectivity index (χ0v) is 14.2. The summed E-state index contributed by atoms with van der Waals surface area (Å²) in [6.45, 7) is 2.11. The number of aromatic nitrogens is 1. The predicted octanol–water partition coefficient (Wildman–Crippen LogP) is 4.57. The van der Waals surface area contributed by atoms with Crippen molar-refractivity contribution in [3.05, 3.63) is 71.9 Å². The summed E-state index contributed by atoms with van der Waals surface area (Å²) in [5, 5.41) is 7.20. The van der Waals surface area contributed by atoms with Gasteiger partial charge >= 0.3 is 0 Å². The summed E-state index contributed by atoms with van der Waals surface area (Å²) in [7, 11) is 0. The van der Waals surface area contributed by atoms with Crippen LogP contribution in [0.25, 0.3) is 11.3 Å². The second kappa shape index (κ2) is 6.20. The van der Waals surface area contributed by atoms with E-state index in [9.17, 15) is 4.79 Å². The van der Waals surface area contributed by atoms with Crippen LogP contribution in [0.4, 0.5) is 5.69 Å². The molecule has 1 fully saturated rings. The molecule has 4 nitrogen and oxygen atoms in total. The van der Waals surface area contributed by atoms with Crippen LogP contribution in [0, 0.1) is 0 Å². The summed E-state index contributed by atoms with van der Waals surface area (Å²) in [6, 6.07) is 19.7. The summed E-state index contributed by atoms with van der Waals surface area (Å²) >= 11 is 0. The summed E-state index contributed by atoms with van der Waals surface area (Å²) in [4.78, 5) is 12.8. The molecular formula is C21H20N2O2. The van der Waals surface area contributed by atoms with E-state index in [1.165, 1.54) is 5.56 Å². The maximum absolute atomic E-state index is 12.8. The van der Waals surface area contributed by atoms with Crippen LogP contribution in [-0.2, 0) is 16.6 Å². The van der Waals surface area contributed by atoms with Gasteiger partial charge in [0.1, 0.15) is 0 Å². The van der Waals surface area contributed by atoms with E-state index in [-0.39, 0.29) is 5.91 Å². The number of rotatable bonds is 5. The molecule has 0 saturated heterocycles. The molecule has 1 N–H and O–H groups in total. The Bertz CT molecular complexity index is 878. The first kappa shape index (κ1) is 15.6. The smallest absolute Gasteiger partial charge is 0.236 e. The monoisotopic (exact) mass is 332 g/mol. The molecule has 0 aliphatic heterocycles. The number of aryl methyl sites for hydroxylation is 1. The number of benzene rings is 2. The number of carbonyl (C=O) groups is 1. The van der Waals surface area contributed by atoms with Crippen LogP contribution >= 0.6 is 0 Å². The van der Waals surface area contributed by atoms with Gasteiger partial charge in [-0.25, -0.2) is 0 Å². The predicted molar refractivity (Wildman–Crippen MR) is 97.3 cm³/mol. The fraction of sp³-hybridized carbons (Fsp3) is 0.238. The topological polar surface area (TPSA) is 55.1 Å². The van der Waals surface area contributed by atoms with Crippen molar-refractivity contribution < 1.29 is 9.32 Å². The minimum Gasteiger partial charge on any atom is -0.356 e. The second-order valence-electron chi connectivity index (χ2n) is 6.53. The number of anilines is 1. The molecule has 1 heterocycles. The fourth-order valence-corrected chi connectivity index (χ4v) is 3.04. The van der Waals surface area contributed by atoms with Gasteiger partial charge in [-0.1, -0.05) is 54.5 Å². The third-order valence-electron chi connectivity index (χ3n) is 4.86. The van der Waals surface area contributed by atoms with Crippen LogP contribution in [0.5, 0.6) is 0 Å². The van der Waals surface area contributed by atoms with Gasteiger partial charge in [-0.2, -0.15) is 0 Å². The van der Waals surface area contributed by atoms with E-state index in [0.29, 0.717) is 11.5 Å². The van der Waals surface area contributed by atoms with Gasteiger partial charge in [-0.3, -0.25) is 4.79 Å². The Kier molecular flexibility index (Phi) is 3.88. The number of nitrogens with zero attached hydrogens (tertiary/aromatic N) is 1. The van der Waals surface area contributed by atoms with Crippen LogP contribution in [0.15, 0.2) is 65.2 Å². The maximum atomic E-state index is 12.8. The third kappa shape index (κ3) is 2.95. The molecule has 1 amide bonds. The molecule has 0 radical (unpaired) electrons. The molecule has 0 spiro atoms. The number of carbonyl (C=O) groups excluding carboxylic acids is 1. The largest absolute Gasteiger partial charge is 0.356 e. The second-order valence-corrected chi connectivity index (χ2v) is 6.53. The van der Waals surface area contributed by atoms with Gasteiger partial charge in [-0.05, 0) is 37.0 Å². The van der Waals surface area contributed by atoms with E-state index in [1.807, 2.05) is 60.7 Å². The summed E-state index contributed by atoms with van der Waals surface area (Å²) in [6.07, 6.45) is 2.58. The molecule has 1 saturated carbocycles. The molecule has 0 atom stereocenters. The highest BCUT2D eigenvalue weighted by molar-refractivity contribution is 6.01. The Balaban J connectivity index is 1.53. The van der Waals surface area contributed by atoms with Gasteiger partial charge in [0.05, 0.1) is 11.1 Å². The molecule has 126 valence electrons. The van der Waals surface area contributed by atoms with E-state index in [0.717, 1.165) is 30.5 Å². The Hall–Kier alpha value is -2.88. The molecule has 2 aromatic carbocycles. The van der Waals surface area contributed by atoms with Gasteiger partial charge in [-0.15, -0.1) is 0 Å². The Labute approximate surface area is 146 Å². The van der Waals surface area contributed by atoms with Crippen LogP contribution in [0.2, 0.25) is 0 Å². The SMILES string of the molecule is CCc1ccc(NC(=O)C2(c3cc(-c4ccccc4)on3)CC2)cc1. The van der Waals surface area contributed by atoms with Crippen LogP contribution in [0.1, 0.15) is 31.0 Å². The highest BCUT2D eigenvalue weighted by Gasteiger charge is 2.53. The molecule has 0 unspecified atom stereocenters. The lowest BCUT2D eigenvalue weighted by Gasteiger charge is -2.12. The number of amides is 1. The minimum absolute atomic E-state index is 0.00957. The van der Waals surface area contributed by atoms with E-state index in [2.05, 4.69) is 17.4 Å². The Morgan fingerprint density at radius 2 is 1.84 bits per heavy atom. The summed E-state index contributed by atoms with van der Waals surface area (Å²) < 4.78 is 5.48. The van der Waals surface area contributed by atoms with Crippen LogP contribution in [0.3, 0.4) is 0 Å². The third-order valence-corrected chi connectivity index (χ3v) is 4.86. The van der Waals surface area contributed by atoms with Crippen molar-refractivity contribution >= 4 is 11.6 Å². The highest BCUT2D eigenvalue weighted by atomic mass is 16.5. The van der Waals surface area contributed by atoms with Crippen molar-refractivity contribution in [3.63, 3.8) is 0 Å². The minimum atomic E-state index is -0.556. The van der Waals surface area contributed by atoms with Gasteiger partial charge in [0, 0.05) is 17.3 Å². The van der Waals surface area contributed by atoms with Gasteiger partial charge in [0.2, 0.25) is 5.91 Å². The molecule has 3 aromatic rings. The van der Waals surface area contributed by atoms with Gasteiger partial charge < -0.3 is 9.84 Å². The first-order valence-corrected chi connectivity index (χ1v) is 8.64. The molecule has 0 bridgehead atoms. The number of nitrogens with one attached hydrogen (secondary N) is 1. The molecule has 1 aliphatic rings. The van der Waals surface area contributed by atoms with Gasteiger partial charge in [0.15, 0.2) is 5.76 Å². The molecular weight excluding hydrogens is 312 g/mol. The lowest BCUT2D eigenvalue weighted by atomic mass is 10.00. The van der Waals surface area contributed by atoms with Crippen molar-refractivity contribution in [2.75, 3.05) is 5.32 Å². The molecule has 4 heteroatoms. The lowest BCUT2D eigenvalue weighted by Crippen LogP contribution is -2.28. The van der Waals surface area contributed by atoms with Crippen molar-refractivity contribution in [3.8, 4) is 11.3 Å². The van der Waals surface area contributed by atoms with Crippen LogP contribution < -0.4 is 5.32 Å². The zero-order valence-electron chi connectivity index (χ0n) is 14.2. The molecule has 1 aliphatic carbocycles. The average molecular weight is 332 g/mol. The van der Waals surface area contributed by atoms with E-state index >= 15 is 0 Å². The van der Waals surface area contributed by atoms with E-state index < -0.39 is 5.41 Å². The fourth-order valence-electron chi connectivity index (χ4n) is 3.04. The van der Waals surface area contributed by atoms with Gasteiger partial charge in [0.25, 0.3) is 0 Å². The standard InChI is InChI=1S/C21H20N2O2/c1-2-15-8-10-17(11-9-15)22-20(24)21(12-13-21)19-14-18(25-23-19)16-6-4-3-5-7-16/h3-11,14H,2,12-13H2,1H3,(H,22,24). The quantitative estimate of drug-likeness (QED) is 0.744. The van der Waals surface area contributed by atoms with E-state index in [1.54, 1.807) is 0 Å². The van der Waals surface area contributed by atoms with Crippen molar-refractivity contribution in [1.29, 1.82) is 0 Å². The van der Waals surface area contributed by atoms with Crippen molar-refractivity contribution in [2.24, 2.45) is 0 Å². The normalized spacial score (nSPS) is 14.9. The van der Waals surface area contributed by atoms with Crippen LogP contribution in [-0.4, -0.2) is 11.1 Å². The highest BCUT2D eigenvalue weighted by Crippen LogP contribution is 2.49. The van der Waals surface area contributed by atoms with Crippen molar-refractivity contribution in [2.45, 2.75) is 31.6 Å². The first-order valence-electron chi connectivity index (χ1n) is 8.64. The average Bonchev–Trinajstić information content (AvgIpc) is 3.33. The number of hydrogen-bond acceptors (Lipinski definition) is 3. The summed E-state index contributed by atoms with van der Waals surface area (Å²) in [5.41, 5.74) is 3.20. The lowest BCUT2D eigenvalue weighted by molar-refractivity contribution is -0.118. The summed E-state index contributed by atoms with van der Waals surface area (Å²) in [5.74, 6) is 0.687. The maximum Gasteiger partial charge on any atom is 0.236 e. The Morgan fingerprint density at radius 3 is 2.48 bits per heavy atom. The Morgan fingerprint density at radius 1 is 1.12 bits per heavy atom. The zero-order chi connectivity index (χ0) is 17.3. The van der Waals surface area contributed by atoms with E-state index in [4.69, 9.17) is 4.52 Å². The number of hydrogen-bond donors (Lipinski definition) is 1. The first-order chi connectivity index (χ1) is 12.2. The molecule has 4 rings (SSSR count). The van der Waals surface area contributed by atoms with Crippen molar-refractivity contribution in [1.82, 2.24) is 5.16 Å².